The van der Waals surface area contributed by atoms with Gasteiger partial charge in [0.05, 0.1) is 17.4 Å². The first-order valence-electron chi connectivity index (χ1n) is 5.42. The van der Waals surface area contributed by atoms with Crippen molar-refractivity contribution in [2.24, 2.45) is 0 Å². The minimum Gasteiger partial charge on any atom is -0.207 e. The number of hydrogen-bond donors (Lipinski definition) is 0. The van der Waals surface area contributed by atoms with Crippen molar-refractivity contribution in [1.82, 2.24) is 4.31 Å². The Hall–Kier alpha value is -1.45. The van der Waals surface area contributed by atoms with Crippen LogP contribution in [0.1, 0.15) is 18.9 Å². The van der Waals surface area contributed by atoms with Gasteiger partial charge in [0.1, 0.15) is 5.82 Å². The molecule has 0 N–H and O–H groups in total. The normalized spacial score (nSPS) is 13.3. The molecule has 98 valence electrons. The molecule has 0 spiro atoms. The summed E-state index contributed by atoms with van der Waals surface area (Å²) in [6, 6.07) is 5.04. The van der Waals surface area contributed by atoms with Crippen LogP contribution in [0, 0.1) is 24.1 Å². The minimum absolute atomic E-state index is 0.0659. The van der Waals surface area contributed by atoms with E-state index in [0.717, 1.165) is 10.4 Å². The van der Waals surface area contributed by atoms with Gasteiger partial charge < -0.3 is 0 Å². The van der Waals surface area contributed by atoms with E-state index in [0.29, 0.717) is 5.56 Å². The van der Waals surface area contributed by atoms with Crippen LogP contribution in [0.3, 0.4) is 0 Å². The summed E-state index contributed by atoms with van der Waals surface area (Å²) < 4.78 is 38.6. The third-order valence-electron chi connectivity index (χ3n) is 2.80. The molecule has 6 heteroatoms. The third kappa shape index (κ3) is 2.86. The van der Waals surface area contributed by atoms with Gasteiger partial charge in [0, 0.05) is 13.1 Å². The Morgan fingerprint density at radius 3 is 2.61 bits per heavy atom. The SMILES string of the molecule is Cc1cc(F)ccc1S(=O)(=O)N(C)C(C)CC#N. The zero-order chi connectivity index (χ0) is 13.9. The first-order valence-corrected chi connectivity index (χ1v) is 6.86. The fraction of sp³-hybridized carbons (Fsp3) is 0.417. The Morgan fingerprint density at radius 1 is 1.50 bits per heavy atom. The minimum atomic E-state index is -3.69. The van der Waals surface area contributed by atoms with Crippen LogP contribution in [0.5, 0.6) is 0 Å². The first kappa shape index (κ1) is 14.6. The summed E-state index contributed by atoms with van der Waals surface area (Å²) in [5.74, 6) is -0.473. The summed E-state index contributed by atoms with van der Waals surface area (Å²) in [7, 11) is -2.28. The monoisotopic (exact) mass is 270 g/mol. The molecule has 0 amide bonds. The van der Waals surface area contributed by atoms with E-state index in [4.69, 9.17) is 5.26 Å². The van der Waals surface area contributed by atoms with Crippen molar-refractivity contribution in [2.45, 2.75) is 31.2 Å². The lowest BCUT2D eigenvalue weighted by Crippen LogP contribution is -2.35. The summed E-state index contributed by atoms with van der Waals surface area (Å²) in [6.07, 6.45) is 0.107. The highest BCUT2D eigenvalue weighted by atomic mass is 32.2. The van der Waals surface area contributed by atoms with Gasteiger partial charge in [-0.25, -0.2) is 12.8 Å². The average molecular weight is 270 g/mol. The number of aryl methyl sites for hydroxylation is 1. The van der Waals surface area contributed by atoms with Crippen molar-refractivity contribution in [3.05, 3.63) is 29.6 Å². The molecule has 0 aliphatic heterocycles. The second kappa shape index (κ2) is 5.46. The highest BCUT2D eigenvalue weighted by Gasteiger charge is 2.26. The molecule has 0 bridgehead atoms. The van der Waals surface area contributed by atoms with Gasteiger partial charge in [0.25, 0.3) is 0 Å². The van der Waals surface area contributed by atoms with Gasteiger partial charge in [-0.05, 0) is 37.6 Å². The lowest BCUT2D eigenvalue weighted by atomic mass is 10.2. The summed E-state index contributed by atoms with van der Waals surface area (Å²) in [6.45, 7) is 3.19. The van der Waals surface area contributed by atoms with Crippen molar-refractivity contribution in [1.29, 1.82) is 5.26 Å². The van der Waals surface area contributed by atoms with Gasteiger partial charge in [0.2, 0.25) is 10.0 Å². The zero-order valence-corrected chi connectivity index (χ0v) is 11.3. The highest BCUT2D eigenvalue weighted by Crippen LogP contribution is 2.21. The molecule has 0 aliphatic rings. The molecule has 1 aromatic rings. The fourth-order valence-corrected chi connectivity index (χ4v) is 3.12. The summed E-state index contributed by atoms with van der Waals surface area (Å²) in [5.41, 5.74) is 0.353. The lowest BCUT2D eigenvalue weighted by molar-refractivity contribution is 0.393. The summed E-state index contributed by atoms with van der Waals surface area (Å²) >= 11 is 0. The number of benzene rings is 1. The number of hydrogen-bond acceptors (Lipinski definition) is 3. The molecule has 1 rings (SSSR count). The molecule has 1 atom stereocenters. The lowest BCUT2D eigenvalue weighted by Gasteiger charge is -2.23. The smallest absolute Gasteiger partial charge is 0.207 e. The second-order valence-corrected chi connectivity index (χ2v) is 6.11. The summed E-state index contributed by atoms with van der Waals surface area (Å²) in [5, 5.41) is 8.59. The molecule has 1 unspecified atom stereocenters. The van der Waals surface area contributed by atoms with Crippen LogP contribution in [0.4, 0.5) is 4.39 Å². The molecule has 4 nitrogen and oxygen atoms in total. The molecule has 0 aliphatic carbocycles. The number of nitrogens with zero attached hydrogens (tertiary/aromatic N) is 2. The Balaban J connectivity index is 3.18. The van der Waals surface area contributed by atoms with E-state index >= 15 is 0 Å². The van der Waals surface area contributed by atoms with Crippen molar-refractivity contribution in [3.8, 4) is 6.07 Å². The molecular formula is C12H15FN2O2S. The first-order chi connectivity index (χ1) is 8.30. The third-order valence-corrected chi connectivity index (χ3v) is 4.93. The predicted octanol–water partition coefficient (Wildman–Crippen LogP) is 2.06. The maximum absolute atomic E-state index is 13.0. The Bertz CT molecular complexity index is 578. The highest BCUT2D eigenvalue weighted by molar-refractivity contribution is 7.89. The Morgan fingerprint density at radius 2 is 2.11 bits per heavy atom. The van der Waals surface area contributed by atoms with E-state index in [1.165, 1.54) is 19.2 Å². The molecule has 0 saturated carbocycles. The second-order valence-electron chi connectivity index (χ2n) is 4.14. The van der Waals surface area contributed by atoms with Crippen molar-refractivity contribution >= 4 is 10.0 Å². The van der Waals surface area contributed by atoms with Crippen molar-refractivity contribution < 1.29 is 12.8 Å². The van der Waals surface area contributed by atoms with Crippen molar-refractivity contribution in [3.63, 3.8) is 0 Å². The number of rotatable bonds is 4. The van der Waals surface area contributed by atoms with Gasteiger partial charge in [-0.15, -0.1) is 0 Å². The molecular weight excluding hydrogens is 255 g/mol. The molecule has 0 radical (unpaired) electrons. The predicted molar refractivity (Wildman–Crippen MR) is 65.8 cm³/mol. The van der Waals surface area contributed by atoms with Crippen LogP contribution in [0.15, 0.2) is 23.1 Å². The van der Waals surface area contributed by atoms with Crippen LogP contribution >= 0.6 is 0 Å². The Kier molecular flexibility index (Phi) is 4.43. The van der Waals surface area contributed by atoms with Crippen LogP contribution in [-0.2, 0) is 10.0 Å². The van der Waals surface area contributed by atoms with Crippen LogP contribution in [0.2, 0.25) is 0 Å². The maximum atomic E-state index is 13.0. The quantitative estimate of drug-likeness (QED) is 0.841. The van der Waals surface area contributed by atoms with Crippen LogP contribution in [-0.4, -0.2) is 25.8 Å². The zero-order valence-electron chi connectivity index (χ0n) is 10.5. The number of halogens is 1. The largest absolute Gasteiger partial charge is 0.243 e. The van der Waals surface area contributed by atoms with Gasteiger partial charge in [-0.2, -0.15) is 9.57 Å². The molecule has 0 saturated heterocycles. The van der Waals surface area contributed by atoms with E-state index in [2.05, 4.69) is 0 Å². The van der Waals surface area contributed by atoms with Gasteiger partial charge >= 0.3 is 0 Å². The van der Waals surface area contributed by atoms with E-state index in [1.54, 1.807) is 13.8 Å². The summed E-state index contributed by atoms with van der Waals surface area (Å²) in [4.78, 5) is 0.0659. The van der Waals surface area contributed by atoms with Crippen LogP contribution in [0.25, 0.3) is 0 Å². The number of sulfonamides is 1. The molecule has 1 aromatic carbocycles. The molecule has 18 heavy (non-hydrogen) atoms. The van der Waals surface area contributed by atoms with E-state index in [9.17, 15) is 12.8 Å². The molecule has 0 aromatic heterocycles. The topological polar surface area (TPSA) is 61.2 Å². The van der Waals surface area contributed by atoms with E-state index in [-0.39, 0.29) is 11.3 Å². The van der Waals surface area contributed by atoms with Gasteiger partial charge in [-0.1, -0.05) is 0 Å². The molecule has 0 fully saturated rings. The van der Waals surface area contributed by atoms with E-state index < -0.39 is 21.9 Å². The maximum Gasteiger partial charge on any atom is 0.243 e. The van der Waals surface area contributed by atoms with E-state index in [1.807, 2.05) is 6.07 Å². The molecule has 0 heterocycles. The standard InChI is InChI=1S/C12H15FN2O2S/c1-9-8-11(13)4-5-12(9)18(16,17)15(3)10(2)6-7-14/h4-5,8,10H,6H2,1-3H3. The van der Waals surface area contributed by atoms with Gasteiger partial charge in [0.15, 0.2) is 0 Å². The number of nitriles is 1. The van der Waals surface area contributed by atoms with Crippen molar-refractivity contribution in [2.75, 3.05) is 7.05 Å². The average Bonchev–Trinajstić information content (AvgIpc) is 2.27. The van der Waals surface area contributed by atoms with Gasteiger partial charge in [-0.3, -0.25) is 0 Å². The fourth-order valence-electron chi connectivity index (χ4n) is 1.55. The van der Waals surface area contributed by atoms with Crippen LogP contribution < -0.4 is 0 Å². The Labute approximate surface area is 107 Å².